The quantitative estimate of drug-likeness (QED) is 0.610. The van der Waals surface area contributed by atoms with Crippen LogP contribution in [-0.4, -0.2) is 46.7 Å². The van der Waals surface area contributed by atoms with Crippen molar-refractivity contribution < 1.29 is 28.7 Å². The van der Waals surface area contributed by atoms with Gasteiger partial charge in [0.2, 0.25) is 11.8 Å². The molecule has 0 saturated carbocycles. The Morgan fingerprint density at radius 3 is 1.90 bits per heavy atom. The van der Waals surface area contributed by atoms with Gasteiger partial charge in [-0.15, -0.1) is 0 Å². The van der Waals surface area contributed by atoms with E-state index in [4.69, 9.17) is 9.47 Å². The van der Waals surface area contributed by atoms with Gasteiger partial charge in [0.15, 0.2) is 11.4 Å². The molecular formula is C21H25N3O6. The number of ether oxygens (including phenoxy) is 2. The third kappa shape index (κ3) is 4.56. The Hall–Kier alpha value is -3.49. The Morgan fingerprint density at radius 1 is 0.867 bits per heavy atom. The maximum Gasteiger partial charge on any atom is 0.361 e. The fourth-order valence-electron chi connectivity index (χ4n) is 2.80. The van der Waals surface area contributed by atoms with Gasteiger partial charge < -0.3 is 9.47 Å². The van der Waals surface area contributed by atoms with Gasteiger partial charge in [0.05, 0.1) is 18.9 Å². The molecule has 1 heterocycles. The lowest BCUT2D eigenvalue weighted by Gasteiger charge is -2.21. The molecule has 0 bridgehead atoms. The highest BCUT2D eigenvalue weighted by molar-refractivity contribution is 6.20. The second-order valence-electron chi connectivity index (χ2n) is 6.06. The van der Waals surface area contributed by atoms with Crippen molar-refractivity contribution in [1.82, 2.24) is 9.78 Å². The summed E-state index contributed by atoms with van der Waals surface area (Å²) in [6.45, 7) is 6.50. The summed E-state index contributed by atoms with van der Waals surface area (Å²) in [7, 11) is 0. The van der Waals surface area contributed by atoms with Crippen molar-refractivity contribution in [2.75, 3.05) is 18.1 Å². The van der Waals surface area contributed by atoms with E-state index in [1.54, 1.807) is 58.0 Å². The van der Waals surface area contributed by atoms with Crippen LogP contribution in [0, 0.1) is 0 Å². The van der Waals surface area contributed by atoms with Gasteiger partial charge in [-0.1, -0.05) is 32.0 Å². The molecule has 2 rings (SSSR count). The van der Waals surface area contributed by atoms with Crippen LogP contribution in [0.1, 0.15) is 61.5 Å². The summed E-state index contributed by atoms with van der Waals surface area (Å²) in [6, 6.07) is 8.56. The van der Waals surface area contributed by atoms with Gasteiger partial charge in [-0.25, -0.2) is 19.2 Å². The lowest BCUT2D eigenvalue weighted by atomic mass is 10.2. The number of hydrogen-bond acceptors (Lipinski definition) is 7. The highest BCUT2D eigenvalue weighted by atomic mass is 16.5. The molecule has 1 aromatic carbocycles. The highest BCUT2D eigenvalue weighted by Gasteiger charge is 2.37. The number of para-hydroxylation sites is 1. The van der Waals surface area contributed by atoms with E-state index in [0.717, 1.165) is 4.90 Å². The van der Waals surface area contributed by atoms with Crippen LogP contribution in [0.2, 0.25) is 0 Å². The van der Waals surface area contributed by atoms with E-state index in [9.17, 15) is 19.2 Å². The van der Waals surface area contributed by atoms with Crippen LogP contribution in [0.25, 0.3) is 5.69 Å². The summed E-state index contributed by atoms with van der Waals surface area (Å²) < 4.78 is 11.4. The van der Waals surface area contributed by atoms with Crippen molar-refractivity contribution in [2.24, 2.45) is 0 Å². The summed E-state index contributed by atoms with van der Waals surface area (Å²) in [6.07, 6.45) is -0.0421. The number of imide groups is 1. The largest absolute Gasteiger partial charge is 0.461 e. The molecule has 0 spiro atoms. The van der Waals surface area contributed by atoms with Gasteiger partial charge in [-0.2, -0.15) is 5.10 Å². The predicted octanol–water partition coefficient (Wildman–Crippen LogP) is 2.91. The van der Waals surface area contributed by atoms with Crippen LogP contribution in [0.3, 0.4) is 0 Å². The van der Waals surface area contributed by atoms with Crippen molar-refractivity contribution in [2.45, 2.75) is 40.5 Å². The molecule has 0 aliphatic heterocycles. The number of carbonyl (C=O) groups excluding carboxylic acids is 4. The molecule has 0 radical (unpaired) electrons. The van der Waals surface area contributed by atoms with E-state index in [-0.39, 0.29) is 43.1 Å². The number of hydrogen-bond donors (Lipinski definition) is 0. The number of benzene rings is 1. The predicted molar refractivity (Wildman–Crippen MR) is 109 cm³/mol. The number of aromatic nitrogens is 2. The van der Waals surface area contributed by atoms with Crippen molar-refractivity contribution >= 4 is 29.4 Å². The smallest absolute Gasteiger partial charge is 0.361 e. The Balaban J connectivity index is 2.91. The molecule has 2 aromatic rings. The first-order chi connectivity index (χ1) is 14.4. The molecule has 0 N–H and O–H groups in total. The first-order valence-electron chi connectivity index (χ1n) is 9.79. The first-order valence-corrected chi connectivity index (χ1v) is 9.79. The number of anilines is 1. The van der Waals surface area contributed by atoms with Gasteiger partial charge in [-0.05, 0) is 26.0 Å². The van der Waals surface area contributed by atoms with Gasteiger partial charge in [0.1, 0.15) is 5.69 Å². The van der Waals surface area contributed by atoms with Crippen molar-refractivity contribution in [3.63, 3.8) is 0 Å². The minimum Gasteiger partial charge on any atom is -0.461 e. The molecule has 30 heavy (non-hydrogen) atoms. The van der Waals surface area contributed by atoms with Gasteiger partial charge in [0, 0.05) is 12.8 Å². The molecule has 0 saturated heterocycles. The van der Waals surface area contributed by atoms with Gasteiger partial charge >= 0.3 is 11.9 Å². The first kappa shape index (κ1) is 22.8. The van der Waals surface area contributed by atoms with Crippen molar-refractivity contribution in [3.8, 4) is 5.69 Å². The molecule has 0 atom stereocenters. The van der Waals surface area contributed by atoms with E-state index in [1.807, 2.05) is 0 Å². The fraction of sp³-hybridized carbons (Fsp3) is 0.381. The molecule has 2 amide bonds. The average Bonchev–Trinajstić information content (AvgIpc) is 3.14. The van der Waals surface area contributed by atoms with E-state index in [2.05, 4.69) is 5.10 Å². The molecule has 9 nitrogen and oxygen atoms in total. The van der Waals surface area contributed by atoms with Gasteiger partial charge in [0.25, 0.3) is 0 Å². The minimum absolute atomic E-state index is 0.0210. The Labute approximate surface area is 174 Å². The fourth-order valence-corrected chi connectivity index (χ4v) is 2.80. The average molecular weight is 415 g/mol. The topological polar surface area (TPSA) is 108 Å². The van der Waals surface area contributed by atoms with E-state index in [0.29, 0.717) is 5.69 Å². The van der Waals surface area contributed by atoms with Gasteiger partial charge in [-0.3, -0.25) is 9.59 Å². The van der Waals surface area contributed by atoms with E-state index in [1.165, 1.54) is 4.68 Å². The standard InChI is InChI=1S/C21H25N3O6/c1-5-15(25)23(16(26)6-2)18-17(20(27)29-7-3)22-24(14-12-10-9-11-13-14)19(18)21(28)30-8-4/h9-13H,5-8H2,1-4H3. The molecule has 0 aliphatic rings. The van der Waals surface area contributed by atoms with Crippen molar-refractivity contribution in [3.05, 3.63) is 41.7 Å². The maximum absolute atomic E-state index is 12.9. The lowest BCUT2D eigenvalue weighted by Crippen LogP contribution is -2.38. The third-order valence-electron chi connectivity index (χ3n) is 4.13. The summed E-state index contributed by atoms with van der Waals surface area (Å²) in [4.78, 5) is 51.8. The molecule has 0 fully saturated rings. The molecular weight excluding hydrogens is 390 g/mol. The highest BCUT2D eigenvalue weighted by Crippen LogP contribution is 2.31. The van der Waals surface area contributed by atoms with Crippen LogP contribution in [-0.2, 0) is 19.1 Å². The summed E-state index contributed by atoms with van der Waals surface area (Å²) in [5.41, 5.74) is -0.290. The number of rotatable bonds is 8. The molecule has 9 heteroatoms. The molecule has 0 aliphatic carbocycles. The summed E-state index contributed by atoms with van der Waals surface area (Å²) in [5, 5.41) is 4.25. The minimum atomic E-state index is -0.856. The molecule has 0 unspecified atom stereocenters. The SMILES string of the molecule is CCOC(=O)c1nn(-c2ccccc2)c(C(=O)OCC)c1N(C(=O)CC)C(=O)CC. The second-order valence-corrected chi connectivity index (χ2v) is 6.06. The Kier molecular flexibility index (Phi) is 7.85. The third-order valence-corrected chi connectivity index (χ3v) is 4.13. The van der Waals surface area contributed by atoms with Crippen molar-refractivity contribution in [1.29, 1.82) is 0 Å². The number of esters is 2. The van der Waals surface area contributed by atoms with Crippen LogP contribution >= 0.6 is 0 Å². The Bertz CT molecular complexity index is 920. The monoisotopic (exact) mass is 415 g/mol. The maximum atomic E-state index is 12.9. The lowest BCUT2D eigenvalue weighted by molar-refractivity contribution is -0.126. The van der Waals surface area contributed by atoms with Crippen LogP contribution in [0.15, 0.2) is 30.3 Å². The molecule has 1 aromatic heterocycles. The zero-order valence-electron chi connectivity index (χ0n) is 17.5. The van der Waals surface area contributed by atoms with Crippen LogP contribution in [0.5, 0.6) is 0 Å². The van der Waals surface area contributed by atoms with Crippen LogP contribution in [0.4, 0.5) is 5.69 Å². The number of carbonyl (C=O) groups is 4. The van der Waals surface area contributed by atoms with Crippen LogP contribution < -0.4 is 4.90 Å². The van der Waals surface area contributed by atoms with E-state index >= 15 is 0 Å². The zero-order chi connectivity index (χ0) is 22.3. The second kappa shape index (κ2) is 10.3. The molecule has 160 valence electrons. The summed E-state index contributed by atoms with van der Waals surface area (Å²) in [5.74, 6) is -2.83. The van der Waals surface area contributed by atoms with E-state index < -0.39 is 23.8 Å². The zero-order valence-corrected chi connectivity index (χ0v) is 17.5. The number of nitrogens with zero attached hydrogens (tertiary/aromatic N) is 3. The number of amides is 2. The Morgan fingerprint density at radius 2 is 1.40 bits per heavy atom. The summed E-state index contributed by atoms with van der Waals surface area (Å²) >= 11 is 0. The normalized spacial score (nSPS) is 10.4.